The lowest BCUT2D eigenvalue weighted by Gasteiger charge is -2.25. The fraction of sp³-hybridized carbons (Fsp3) is 0.667. The summed E-state index contributed by atoms with van der Waals surface area (Å²) >= 11 is 0. The lowest BCUT2D eigenvalue weighted by molar-refractivity contribution is -0.143. The molecule has 0 heterocycles. The minimum absolute atomic E-state index is 0.0515. The van der Waals surface area contributed by atoms with E-state index >= 15 is 0 Å². The summed E-state index contributed by atoms with van der Waals surface area (Å²) in [6.07, 6.45) is 0.0702. The molecular weight excluding hydrogens is 424 g/mol. The summed E-state index contributed by atoms with van der Waals surface area (Å²) in [6.45, 7) is 3.47. The molecule has 0 aromatic heterocycles. The molecule has 14 nitrogen and oxygen atoms in total. The fourth-order valence-electron chi connectivity index (χ4n) is 2.67. The lowest BCUT2D eigenvalue weighted by Crippen LogP contribution is -2.56. The second kappa shape index (κ2) is 14.6. The average Bonchev–Trinajstić information content (AvgIpc) is 2.67. The number of primary amides is 1. The Kier molecular flexibility index (Phi) is 13.0. The molecule has 3 atom stereocenters. The van der Waals surface area contributed by atoms with Crippen LogP contribution in [0.25, 0.3) is 0 Å². The van der Waals surface area contributed by atoms with Crippen molar-refractivity contribution in [3.63, 3.8) is 0 Å². The molecule has 0 aromatic rings. The van der Waals surface area contributed by atoms with Crippen LogP contribution < -0.4 is 38.9 Å². The van der Waals surface area contributed by atoms with Crippen molar-refractivity contribution < 1.29 is 29.1 Å². The van der Waals surface area contributed by atoms with Crippen LogP contribution in [0.5, 0.6) is 0 Å². The Labute approximate surface area is 185 Å². The molecule has 32 heavy (non-hydrogen) atoms. The number of hydrogen-bond donors (Lipinski definition) is 8. The van der Waals surface area contributed by atoms with Crippen LogP contribution in [0.4, 0.5) is 0 Å². The molecule has 0 aromatic carbocycles. The molecule has 0 aliphatic heterocycles. The molecule has 0 aliphatic rings. The van der Waals surface area contributed by atoms with E-state index in [0.29, 0.717) is 6.42 Å². The SMILES string of the molecule is CC(C)CC(NC(=O)C(CCCN=C(N)N)NC(=O)CN)C(=O)NC(CC(N)=O)C(=O)O. The van der Waals surface area contributed by atoms with Crippen LogP contribution in [0.3, 0.4) is 0 Å². The van der Waals surface area contributed by atoms with Gasteiger partial charge < -0.3 is 44.0 Å². The molecule has 4 amide bonds. The van der Waals surface area contributed by atoms with Gasteiger partial charge in [-0.15, -0.1) is 0 Å². The Morgan fingerprint density at radius 3 is 1.94 bits per heavy atom. The first-order valence-corrected chi connectivity index (χ1v) is 10.0. The smallest absolute Gasteiger partial charge is 0.326 e. The van der Waals surface area contributed by atoms with Gasteiger partial charge in [-0.2, -0.15) is 0 Å². The molecule has 14 heteroatoms. The monoisotopic (exact) mass is 458 g/mol. The van der Waals surface area contributed by atoms with E-state index in [0.717, 1.165) is 0 Å². The van der Waals surface area contributed by atoms with E-state index in [1.807, 2.05) is 0 Å². The Bertz CT molecular complexity index is 708. The number of carbonyl (C=O) groups is 5. The van der Waals surface area contributed by atoms with Crippen LogP contribution in [-0.4, -0.2) is 71.9 Å². The quantitative estimate of drug-likeness (QED) is 0.0685. The summed E-state index contributed by atoms with van der Waals surface area (Å²) in [5.74, 6) is -4.57. The largest absolute Gasteiger partial charge is 0.480 e. The van der Waals surface area contributed by atoms with Gasteiger partial charge in [-0.1, -0.05) is 13.8 Å². The van der Waals surface area contributed by atoms with Crippen molar-refractivity contribution >= 4 is 35.6 Å². The second-order valence-corrected chi connectivity index (χ2v) is 7.53. The van der Waals surface area contributed by atoms with Crippen molar-refractivity contribution in [2.45, 2.75) is 57.7 Å². The Morgan fingerprint density at radius 1 is 0.906 bits per heavy atom. The van der Waals surface area contributed by atoms with Crippen LogP contribution in [-0.2, 0) is 24.0 Å². The Morgan fingerprint density at radius 2 is 1.47 bits per heavy atom. The van der Waals surface area contributed by atoms with E-state index in [1.165, 1.54) is 0 Å². The summed E-state index contributed by atoms with van der Waals surface area (Å²) in [4.78, 5) is 63.3. The van der Waals surface area contributed by atoms with Gasteiger partial charge >= 0.3 is 5.97 Å². The van der Waals surface area contributed by atoms with Gasteiger partial charge in [0, 0.05) is 6.54 Å². The number of hydrogen-bond acceptors (Lipinski definition) is 7. The number of rotatable bonds is 15. The highest BCUT2D eigenvalue weighted by atomic mass is 16.4. The number of carboxylic acid groups (broad SMARTS) is 1. The molecule has 0 spiro atoms. The summed E-state index contributed by atoms with van der Waals surface area (Å²) in [5.41, 5.74) is 20.8. The third-order valence-corrected chi connectivity index (χ3v) is 4.14. The third-order valence-electron chi connectivity index (χ3n) is 4.14. The fourth-order valence-corrected chi connectivity index (χ4v) is 2.67. The Hall–Kier alpha value is -3.42. The minimum Gasteiger partial charge on any atom is -0.480 e. The predicted octanol–water partition coefficient (Wildman–Crippen LogP) is -3.54. The van der Waals surface area contributed by atoms with Crippen LogP contribution >= 0.6 is 0 Å². The van der Waals surface area contributed by atoms with E-state index in [2.05, 4.69) is 20.9 Å². The first kappa shape index (κ1) is 28.6. The van der Waals surface area contributed by atoms with Gasteiger partial charge in [-0.3, -0.25) is 24.2 Å². The van der Waals surface area contributed by atoms with Gasteiger partial charge in [-0.25, -0.2) is 4.79 Å². The Balaban J connectivity index is 5.40. The molecule has 0 radical (unpaired) electrons. The highest BCUT2D eigenvalue weighted by Crippen LogP contribution is 2.08. The zero-order chi connectivity index (χ0) is 24.8. The molecule has 0 aliphatic carbocycles. The molecule has 0 bridgehead atoms. The van der Waals surface area contributed by atoms with E-state index in [-0.39, 0.29) is 37.8 Å². The normalized spacial score (nSPS) is 13.4. The number of carbonyl (C=O) groups excluding carboxylic acids is 4. The van der Waals surface area contributed by atoms with Crippen molar-refractivity contribution in [3.05, 3.63) is 0 Å². The molecule has 182 valence electrons. The molecule has 0 fully saturated rings. The summed E-state index contributed by atoms with van der Waals surface area (Å²) in [5, 5.41) is 16.4. The first-order valence-electron chi connectivity index (χ1n) is 10.0. The number of nitrogens with two attached hydrogens (primary N) is 4. The zero-order valence-corrected chi connectivity index (χ0v) is 18.3. The molecule has 0 rings (SSSR count). The van der Waals surface area contributed by atoms with Crippen LogP contribution in [0, 0.1) is 5.92 Å². The number of nitrogens with zero attached hydrogens (tertiary/aromatic N) is 1. The molecular formula is C18H34N8O6. The number of amides is 4. The van der Waals surface area contributed by atoms with Crippen molar-refractivity contribution in [1.29, 1.82) is 0 Å². The van der Waals surface area contributed by atoms with Crippen molar-refractivity contribution in [2.75, 3.05) is 13.1 Å². The van der Waals surface area contributed by atoms with E-state index in [9.17, 15) is 29.1 Å². The maximum atomic E-state index is 12.8. The first-order chi connectivity index (χ1) is 14.9. The number of carboxylic acids is 1. The summed E-state index contributed by atoms with van der Waals surface area (Å²) in [7, 11) is 0. The number of aliphatic imine (C=N–C) groups is 1. The third kappa shape index (κ3) is 12.3. The van der Waals surface area contributed by atoms with E-state index in [4.69, 9.17) is 22.9 Å². The van der Waals surface area contributed by atoms with Gasteiger partial charge in [-0.05, 0) is 25.2 Å². The topological polar surface area (TPSA) is 258 Å². The van der Waals surface area contributed by atoms with Gasteiger partial charge in [0.15, 0.2) is 5.96 Å². The average molecular weight is 459 g/mol. The number of nitrogens with one attached hydrogen (secondary N) is 3. The predicted molar refractivity (Wildman–Crippen MR) is 116 cm³/mol. The molecule has 0 saturated carbocycles. The van der Waals surface area contributed by atoms with Gasteiger partial charge in [0.2, 0.25) is 23.6 Å². The highest BCUT2D eigenvalue weighted by molar-refractivity contribution is 5.94. The van der Waals surface area contributed by atoms with Crippen molar-refractivity contribution in [3.8, 4) is 0 Å². The zero-order valence-electron chi connectivity index (χ0n) is 18.3. The van der Waals surface area contributed by atoms with Gasteiger partial charge in [0.05, 0.1) is 13.0 Å². The molecule has 3 unspecified atom stereocenters. The van der Waals surface area contributed by atoms with Gasteiger partial charge in [0.25, 0.3) is 0 Å². The van der Waals surface area contributed by atoms with Crippen LogP contribution in [0.1, 0.15) is 39.5 Å². The molecule has 12 N–H and O–H groups in total. The van der Waals surface area contributed by atoms with Crippen molar-refractivity contribution in [2.24, 2.45) is 33.8 Å². The van der Waals surface area contributed by atoms with Crippen molar-refractivity contribution in [1.82, 2.24) is 16.0 Å². The molecule has 0 saturated heterocycles. The maximum Gasteiger partial charge on any atom is 0.326 e. The lowest BCUT2D eigenvalue weighted by atomic mass is 10.0. The number of guanidine groups is 1. The van der Waals surface area contributed by atoms with Gasteiger partial charge in [0.1, 0.15) is 18.1 Å². The summed E-state index contributed by atoms with van der Waals surface area (Å²) in [6, 6.07) is -3.69. The maximum absolute atomic E-state index is 12.8. The highest BCUT2D eigenvalue weighted by Gasteiger charge is 2.30. The standard InChI is InChI=1S/C18H34N8O6/c1-9(2)6-11(16(30)26-12(17(31)32)7-13(20)27)25-15(29)10(24-14(28)8-19)4-3-5-23-18(21)22/h9-12H,3-8,19H2,1-2H3,(H2,20,27)(H,24,28)(H,25,29)(H,26,30)(H,31,32)(H4,21,22,23). The summed E-state index contributed by atoms with van der Waals surface area (Å²) < 4.78 is 0. The second-order valence-electron chi connectivity index (χ2n) is 7.53. The van der Waals surface area contributed by atoms with Crippen LogP contribution in [0.2, 0.25) is 0 Å². The van der Waals surface area contributed by atoms with E-state index in [1.54, 1.807) is 13.8 Å². The minimum atomic E-state index is -1.54. The van der Waals surface area contributed by atoms with E-state index < -0.39 is 54.1 Å². The van der Waals surface area contributed by atoms with Crippen LogP contribution in [0.15, 0.2) is 4.99 Å². The number of aliphatic carboxylic acids is 1.